The SMILES string of the molecule is O=C(CC1CCS(=O)(=O)C1)N1CCC2(CC1)Nc1ccccc1NC2=O. The first-order valence-corrected chi connectivity index (χ1v) is 10.9. The van der Waals surface area contributed by atoms with Gasteiger partial charge in [0.2, 0.25) is 11.8 Å². The van der Waals surface area contributed by atoms with Crippen LogP contribution in [-0.4, -0.2) is 55.3 Å². The molecule has 1 atom stereocenters. The van der Waals surface area contributed by atoms with Gasteiger partial charge in [0.1, 0.15) is 5.54 Å². The van der Waals surface area contributed by atoms with Crippen molar-refractivity contribution >= 4 is 33.0 Å². The second kappa shape index (κ2) is 6.26. The fourth-order valence-corrected chi connectivity index (χ4v) is 6.02. The summed E-state index contributed by atoms with van der Waals surface area (Å²) in [5.74, 6) is 0.199. The quantitative estimate of drug-likeness (QED) is 0.808. The number of amides is 2. The molecule has 3 aliphatic heterocycles. The van der Waals surface area contributed by atoms with E-state index in [2.05, 4.69) is 10.6 Å². The number of hydrogen-bond donors (Lipinski definition) is 2. The van der Waals surface area contributed by atoms with Gasteiger partial charge in [-0.3, -0.25) is 9.59 Å². The van der Waals surface area contributed by atoms with E-state index >= 15 is 0 Å². The van der Waals surface area contributed by atoms with E-state index < -0.39 is 15.4 Å². The maximum Gasteiger partial charge on any atom is 0.250 e. The first-order chi connectivity index (χ1) is 12.4. The Labute approximate surface area is 153 Å². The number of carbonyl (C=O) groups excluding carboxylic acids is 2. The molecule has 7 nitrogen and oxygen atoms in total. The Balaban J connectivity index is 1.38. The molecule has 26 heavy (non-hydrogen) atoms. The van der Waals surface area contributed by atoms with Crippen LogP contribution in [0.25, 0.3) is 0 Å². The van der Waals surface area contributed by atoms with Crippen molar-refractivity contribution < 1.29 is 18.0 Å². The lowest BCUT2D eigenvalue weighted by atomic mass is 9.84. The molecule has 2 fully saturated rings. The number of piperidine rings is 1. The van der Waals surface area contributed by atoms with Gasteiger partial charge in [0.15, 0.2) is 9.84 Å². The lowest BCUT2D eigenvalue weighted by Crippen LogP contribution is -2.59. The lowest BCUT2D eigenvalue weighted by molar-refractivity contribution is -0.135. The van der Waals surface area contributed by atoms with Crippen LogP contribution in [-0.2, 0) is 19.4 Å². The summed E-state index contributed by atoms with van der Waals surface area (Å²) >= 11 is 0. The first kappa shape index (κ1) is 17.3. The molecule has 1 unspecified atom stereocenters. The summed E-state index contributed by atoms with van der Waals surface area (Å²) in [6, 6.07) is 7.60. The van der Waals surface area contributed by atoms with Gasteiger partial charge in [-0.15, -0.1) is 0 Å². The Hall–Kier alpha value is -2.09. The van der Waals surface area contributed by atoms with Gasteiger partial charge in [-0.25, -0.2) is 8.42 Å². The normalized spacial score (nSPS) is 26.1. The van der Waals surface area contributed by atoms with Crippen molar-refractivity contribution in [3.8, 4) is 0 Å². The molecule has 3 heterocycles. The minimum atomic E-state index is -2.96. The average molecular weight is 377 g/mol. The summed E-state index contributed by atoms with van der Waals surface area (Å²) in [5, 5.41) is 6.34. The van der Waals surface area contributed by atoms with Crippen LogP contribution in [0.3, 0.4) is 0 Å². The van der Waals surface area contributed by atoms with Crippen LogP contribution in [0.15, 0.2) is 24.3 Å². The lowest BCUT2D eigenvalue weighted by Gasteiger charge is -2.44. The van der Waals surface area contributed by atoms with E-state index in [0.717, 1.165) is 11.4 Å². The monoisotopic (exact) mass is 377 g/mol. The molecule has 8 heteroatoms. The molecule has 1 aromatic rings. The number of anilines is 2. The Morgan fingerprint density at radius 1 is 1.19 bits per heavy atom. The topological polar surface area (TPSA) is 95.6 Å². The highest BCUT2D eigenvalue weighted by molar-refractivity contribution is 7.91. The maximum absolute atomic E-state index is 12.6. The number of hydrogen-bond acceptors (Lipinski definition) is 5. The minimum Gasteiger partial charge on any atom is -0.369 e. The predicted molar refractivity (Wildman–Crippen MR) is 98.6 cm³/mol. The highest BCUT2D eigenvalue weighted by Crippen LogP contribution is 2.36. The van der Waals surface area contributed by atoms with Crippen molar-refractivity contribution in [1.29, 1.82) is 0 Å². The number of sulfone groups is 1. The van der Waals surface area contributed by atoms with E-state index in [1.165, 1.54) is 0 Å². The van der Waals surface area contributed by atoms with Gasteiger partial charge in [-0.2, -0.15) is 0 Å². The Morgan fingerprint density at radius 3 is 2.54 bits per heavy atom. The molecule has 3 aliphatic rings. The second-order valence-electron chi connectivity index (χ2n) is 7.56. The summed E-state index contributed by atoms with van der Waals surface area (Å²) in [7, 11) is -2.96. The van der Waals surface area contributed by atoms with Crippen LogP contribution < -0.4 is 10.6 Å². The standard InChI is InChI=1S/C18H23N3O4S/c22-16(11-13-5-10-26(24,25)12-13)21-8-6-18(7-9-21)17(23)19-14-3-1-2-4-15(14)20-18/h1-4,13,20H,5-12H2,(H,19,23). The Kier molecular flexibility index (Phi) is 4.17. The summed E-state index contributed by atoms with van der Waals surface area (Å²) in [6.07, 6.45) is 1.95. The number of fused-ring (bicyclic) bond motifs is 1. The number of rotatable bonds is 2. The summed E-state index contributed by atoms with van der Waals surface area (Å²) < 4.78 is 23.1. The van der Waals surface area contributed by atoms with E-state index in [1.54, 1.807) is 4.90 Å². The second-order valence-corrected chi connectivity index (χ2v) is 9.79. The van der Waals surface area contributed by atoms with Crippen LogP contribution in [0.1, 0.15) is 25.7 Å². The van der Waals surface area contributed by atoms with Crippen LogP contribution >= 0.6 is 0 Å². The molecule has 2 amide bonds. The zero-order chi connectivity index (χ0) is 18.4. The fourth-order valence-electron chi connectivity index (χ4n) is 4.16. The van der Waals surface area contributed by atoms with Crippen LogP contribution in [0.2, 0.25) is 0 Å². The van der Waals surface area contributed by atoms with E-state index in [0.29, 0.717) is 32.4 Å². The molecule has 1 spiro atoms. The van der Waals surface area contributed by atoms with Crippen LogP contribution in [0.5, 0.6) is 0 Å². The predicted octanol–water partition coefficient (Wildman–Crippen LogP) is 1.24. The van der Waals surface area contributed by atoms with E-state index in [4.69, 9.17) is 0 Å². The molecule has 2 saturated heterocycles. The molecule has 0 aromatic heterocycles. The van der Waals surface area contributed by atoms with E-state index in [1.807, 2.05) is 24.3 Å². The smallest absolute Gasteiger partial charge is 0.250 e. The van der Waals surface area contributed by atoms with Gasteiger partial charge in [-0.1, -0.05) is 12.1 Å². The zero-order valence-electron chi connectivity index (χ0n) is 14.5. The summed E-state index contributed by atoms with van der Waals surface area (Å²) in [6.45, 7) is 1.00. The minimum absolute atomic E-state index is 0.00133. The van der Waals surface area contributed by atoms with Gasteiger partial charge < -0.3 is 15.5 Å². The largest absolute Gasteiger partial charge is 0.369 e. The van der Waals surface area contributed by atoms with Crippen molar-refractivity contribution in [3.63, 3.8) is 0 Å². The van der Waals surface area contributed by atoms with Gasteiger partial charge in [0, 0.05) is 19.5 Å². The third kappa shape index (κ3) is 3.18. The molecule has 140 valence electrons. The van der Waals surface area contributed by atoms with Gasteiger partial charge in [-0.05, 0) is 37.3 Å². The van der Waals surface area contributed by atoms with Crippen molar-refractivity contribution in [2.45, 2.75) is 31.2 Å². The third-order valence-corrected chi connectivity index (χ3v) is 7.58. The van der Waals surface area contributed by atoms with Gasteiger partial charge in [0.25, 0.3) is 0 Å². The molecule has 0 saturated carbocycles. The number of likely N-dealkylation sites (tertiary alicyclic amines) is 1. The van der Waals surface area contributed by atoms with Crippen molar-refractivity contribution in [2.75, 3.05) is 35.2 Å². The number of para-hydroxylation sites is 2. The molecule has 1 aromatic carbocycles. The van der Waals surface area contributed by atoms with E-state index in [-0.39, 0.29) is 35.7 Å². The molecular weight excluding hydrogens is 354 g/mol. The highest BCUT2D eigenvalue weighted by atomic mass is 32.2. The van der Waals surface area contributed by atoms with E-state index in [9.17, 15) is 18.0 Å². The third-order valence-electron chi connectivity index (χ3n) is 5.74. The molecular formula is C18H23N3O4S. The number of benzene rings is 1. The summed E-state index contributed by atoms with van der Waals surface area (Å²) in [4.78, 5) is 26.9. The molecule has 0 radical (unpaired) electrons. The average Bonchev–Trinajstić information content (AvgIpc) is 2.95. The molecule has 4 rings (SSSR count). The fraction of sp³-hybridized carbons (Fsp3) is 0.556. The van der Waals surface area contributed by atoms with Crippen molar-refractivity contribution in [1.82, 2.24) is 4.90 Å². The number of carbonyl (C=O) groups is 2. The highest BCUT2D eigenvalue weighted by Gasteiger charge is 2.45. The Bertz CT molecular complexity index is 844. The van der Waals surface area contributed by atoms with Crippen LogP contribution in [0, 0.1) is 5.92 Å². The van der Waals surface area contributed by atoms with Gasteiger partial charge >= 0.3 is 0 Å². The maximum atomic E-state index is 12.6. The van der Waals surface area contributed by atoms with Gasteiger partial charge in [0.05, 0.1) is 22.9 Å². The molecule has 0 aliphatic carbocycles. The first-order valence-electron chi connectivity index (χ1n) is 9.04. The van der Waals surface area contributed by atoms with Crippen molar-refractivity contribution in [3.05, 3.63) is 24.3 Å². The summed E-state index contributed by atoms with van der Waals surface area (Å²) in [5.41, 5.74) is 1.01. The van der Waals surface area contributed by atoms with Crippen LogP contribution in [0.4, 0.5) is 11.4 Å². The van der Waals surface area contributed by atoms with Crippen molar-refractivity contribution in [2.24, 2.45) is 5.92 Å². The number of nitrogens with zero attached hydrogens (tertiary/aromatic N) is 1. The molecule has 2 N–H and O–H groups in total. The zero-order valence-corrected chi connectivity index (χ0v) is 15.3. The molecule has 0 bridgehead atoms. The Morgan fingerprint density at radius 2 is 1.88 bits per heavy atom. The number of nitrogens with one attached hydrogen (secondary N) is 2.